The van der Waals surface area contributed by atoms with Gasteiger partial charge in [-0.3, -0.25) is 4.79 Å². The first-order valence-corrected chi connectivity index (χ1v) is 6.51. The van der Waals surface area contributed by atoms with Crippen molar-refractivity contribution in [2.45, 2.75) is 20.4 Å². The number of hydrogen-bond acceptors (Lipinski definition) is 5. The first-order valence-electron chi connectivity index (χ1n) is 6.10. The maximum atomic E-state index is 11.9. The highest BCUT2D eigenvalue weighted by Gasteiger charge is 2.28. The van der Waals surface area contributed by atoms with Crippen molar-refractivity contribution in [1.29, 1.82) is 0 Å². The quantitative estimate of drug-likeness (QED) is 0.830. The molecule has 0 saturated heterocycles. The minimum atomic E-state index is -0.611. The summed E-state index contributed by atoms with van der Waals surface area (Å²) in [5, 5.41) is 2.65. The number of hydrogen-bond donors (Lipinski definition) is 2. The van der Waals surface area contributed by atoms with Crippen LogP contribution in [0.5, 0.6) is 5.88 Å². The molecule has 2 aromatic rings. The number of rotatable bonds is 4. The number of methoxy groups -OCH3 is 1. The lowest BCUT2D eigenvalue weighted by Crippen LogP contribution is -2.37. The first-order chi connectivity index (χ1) is 9.40. The lowest BCUT2D eigenvalue weighted by Gasteiger charge is -2.23. The van der Waals surface area contributed by atoms with Crippen LogP contribution in [0.3, 0.4) is 0 Å². The average Bonchev–Trinajstić information content (AvgIpc) is 2.73. The van der Waals surface area contributed by atoms with Gasteiger partial charge in [0.2, 0.25) is 11.8 Å². The van der Waals surface area contributed by atoms with E-state index in [1.807, 2.05) is 13.8 Å². The lowest BCUT2D eigenvalue weighted by atomic mass is 9.92. The highest BCUT2D eigenvalue weighted by molar-refractivity contribution is 7.71. The Bertz CT molecular complexity index is 703. The van der Waals surface area contributed by atoms with E-state index in [0.717, 1.165) is 0 Å². The van der Waals surface area contributed by atoms with Crippen LogP contribution in [0.1, 0.15) is 13.8 Å². The molecule has 0 unspecified atom stereocenters. The lowest BCUT2D eigenvalue weighted by molar-refractivity contribution is -0.129. The topological polar surface area (TPSA) is 84.8 Å². The van der Waals surface area contributed by atoms with Crippen molar-refractivity contribution in [1.82, 2.24) is 24.8 Å². The Kier molecular flexibility index (Phi) is 3.76. The smallest absolute Gasteiger partial charge is 0.242 e. The highest BCUT2D eigenvalue weighted by Crippen LogP contribution is 2.24. The van der Waals surface area contributed by atoms with Crippen LogP contribution < -0.4 is 10.1 Å². The summed E-state index contributed by atoms with van der Waals surface area (Å²) < 4.78 is 7.44. The second kappa shape index (κ2) is 5.20. The summed E-state index contributed by atoms with van der Waals surface area (Å²) in [7, 11) is 3.15. The molecule has 2 N–H and O–H groups in total. The molecule has 0 aliphatic rings. The van der Waals surface area contributed by atoms with Crippen LogP contribution in [0.4, 0.5) is 0 Å². The largest absolute Gasteiger partial charge is 0.479 e. The number of amides is 1. The zero-order valence-corrected chi connectivity index (χ0v) is 12.7. The van der Waals surface area contributed by atoms with Crippen molar-refractivity contribution in [3.8, 4) is 5.88 Å². The predicted octanol–water partition coefficient (Wildman–Crippen LogP) is 1.27. The number of aromatic amines is 1. The standard InChI is InChI=1S/C12H17N5O2S/c1-12(2,10(18)13-3)5-17-8-7(16-11(17)20)9(19-4)15-6-14-8/h6H,5H2,1-4H3,(H,13,18)(H,16,20). The van der Waals surface area contributed by atoms with E-state index in [1.165, 1.54) is 13.4 Å². The number of nitrogens with zero attached hydrogens (tertiary/aromatic N) is 3. The van der Waals surface area contributed by atoms with Crippen LogP contribution in [-0.2, 0) is 11.3 Å². The molecule has 0 spiro atoms. The molecule has 0 aliphatic carbocycles. The molecule has 20 heavy (non-hydrogen) atoms. The van der Waals surface area contributed by atoms with Gasteiger partial charge in [-0.2, -0.15) is 4.98 Å². The number of imidazole rings is 1. The van der Waals surface area contributed by atoms with Crippen molar-refractivity contribution < 1.29 is 9.53 Å². The monoisotopic (exact) mass is 295 g/mol. The second-order valence-electron chi connectivity index (χ2n) is 5.06. The number of ether oxygens (including phenoxy) is 1. The van der Waals surface area contributed by atoms with Crippen LogP contribution in [-0.4, -0.2) is 39.6 Å². The number of nitrogens with one attached hydrogen (secondary N) is 2. The van der Waals surface area contributed by atoms with Gasteiger partial charge in [0.15, 0.2) is 10.4 Å². The summed E-state index contributed by atoms with van der Waals surface area (Å²) in [5.41, 5.74) is 0.645. The molecule has 1 amide bonds. The first kappa shape index (κ1) is 14.4. The van der Waals surface area contributed by atoms with E-state index in [4.69, 9.17) is 17.0 Å². The van der Waals surface area contributed by atoms with E-state index >= 15 is 0 Å². The van der Waals surface area contributed by atoms with Gasteiger partial charge < -0.3 is 19.6 Å². The molecule has 108 valence electrons. The Balaban J connectivity index is 2.53. The van der Waals surface area contributed by atoms with Crippen molar-refractivity contribution in [2.75, 3.05) is 14.2 Å². The summed E-state index contributed by atoms with van der Waals surface area (Å²) in [6.45, 7) is 4.11. The van der Waals surface area contributed by atoms with Gasteiger partial charge in [-0.05, 0) is 26.1 Å². The zero-order valence-electron chi connectivity index (χ0n) is 11.9. The Hall–Kier alpha value is -1.96. The van der Waals surface area contributed by atoms with Crippen molar-refractivity contribution in [3.63, 3.8) is 0 Å². The number of carbonyl (C=O) groups excluding carboxylic acids is 1. The van der Waals surface area contributed by atoms with Crippen molar-refractivity contribution in [3.05, 3.63) is 11.1 Å². The fraction of sp³-hybridized carbons (Fsp3) is 0.500. The highest BCUT2D eigenvalue weighted by atomic mass is 32.1. The van der Waals surface area contributed by atoms with Gasteiger partial charge in [-0.25, -0.2) is 4.98 Å². The fourth-order valence-electron chi connectivity index (χ4n) is 2.05. The molecule has 0 radical (unpaired) electrons. The summed E-state index contributed by atoms with van der Waals surface area (Å²) in [6, 6.07) is 0. The molecule has 0 fully saturated rings. The summed E-state index contributed by atoms with van der Waals surface area (Å²) in [5.74, 6) is 0.368. The van der Waals surface area contributed by atoms with Crippen molar-refractivity contribution in [2.24, 2.45) is 5.41 Å². The molecule has 0 aliphatic heterocycles. The fourth-order valence-corrected chi connectivity index (χ4v) is 2.31. The van der Waals surface area contributed by atoms with Crippen LogP contribution >= 0.6 is 12.2 Å². The van der Waals surface area contributed by atoms with E-state index in [2.05, 4.69) is 20.3 Å². The van der Waals surface area contributed by atoms with E-state index < -0.39 is 5.41 Å². The number of carbonyl (C=O) groups is 1. The third-order valence-corrected chi connectivity index (χ3v) is 3.44. The average molecular weight is 295 g/mol. The molecule has 8 heteroatoms. The van der Waals surface area contributed by atoms with E-state index in [9.17, 15) is 4.79 Å². The van der Waals surface area contributed by atoms with Gasteiger partial charge in [0.1, 0.15) is 11.8 Å². The third kappa shape index (κ3) is 2.38. The summed E-state index contributed by atoms with van der Waals surface area (Å²) >= 11 is 5.30. The Morgan fingerprint density at radius 2 is 2.25 bits per heavy atom. The Labute approximate surface area is 121 Å². The number of H-pyrrole nitrogens is 1. The minimum Gasteiger partial charge on any atom is -0.479 e. The van der Waals surface area contributed by atoms with Crippen LogP contribution in [0, 0.1) is 10.2 Å². The van der Waals surface area contributed by atoms with Gasteiger partial charge in [0.25, 0.3) is 0 Å². The molecule has 2 aromatic heterocycles. The molecular formula is C12H17N5O2S. The van der Waals surface area contributed by atoms with Crippen LogP contribution in [0.15, 0.2) is 6.33 Å². The molecule has 7 nitrogen and oxygen atoms in total. The third-order valence-electron chi connectivity index (χ3n) is 3.11. The summed E-state index contributed by atoms with van der Waals surface area (Å²) in [6.07, 6.45) is 1.41. The minimum absolute atomic E-state index is 0.0604. The van der Waals surface area contributed by atoms with Gasteiger partial charge in [-0.15, -0.1) is 0 Å². The molecule has 0 aromatic carbocycles. The second-order valence-corrected chi connectivity index (χ2v) is 5.45. The zero-order chi connectivity index (χ0) is 14.9. The molecule has 2 heterocycles. The van der Waals surface area contributed by atoms with Gasteiger partial charge >= 0.3 is 0 Å². The van der Waals surface area contributed by atoms with Crippen LogP contribution in [0.2, 0.25) is 0 Å². The molecule has 0 bridgehead atoms. The van der Waals surface area contributed by atoms with Gasteiger partial charge in [0.05, 0.1) is 12.5 Å². The molecule has 2 rings (SSSR count). The van der Waals surface area contributed by atoms with Gasteiger partial charge in [-0.1, -0.05) is 0 Å². The maximum Gasteiger partial charge on any atom is 0.242 e. The van der Waals surface area contributed by atoms with Gasteiger partial charge in [0, 0.05) is 13.6 Å². The van der Waals surface area contributed by atoms with E-state index in [1.54, 1.807) is 11.6 Å². The van der Waals surface area contributed by atoms with Crippen molar-refractivity contribution >= 4 is 29.3 Å². The predicted molar refractivity (Wildman–Crippen MR) is 77.1 cm³/mol. The normalized spacial score (nSPS) is 11.6. The Morgan fingerprint density at radius 3 is 2.85 bits per heavy atom. The number of aromatic nitrogens is 4. The Morgan fingerprint density at radius 1 is 1.55 bits per heavy atom. The molecule has 0 atom stereocenters. The number of fused-ring (bicyclic) bond motifs is 1. The SMILES string of the molecule is CNC(=O)C(C)(C)Cn1c(=S)[nH]c2c(OC)ncnc21. The van der Waals surface area contributed by atoms with E-state index in [0.29, 0.717) is 28.4 Å². The van der Waals surface area contributed by atoms with E-state index in [-0.39, 0.29) is 5.91 Å². The molecule has 0 saturated carbocycles. The van der Waals surface area contributed by atoms with Crippen LogP contribution in [0.25, 0.3) is 11.2 Å². The molecular weight excluding hydrogens is 278 g/mol. The summed E-state index contributed by atoms with van der Waals surface area (Å²) in [4.78, 5) is 23.2. The maximum absolute atomic E-state index is 11.9.